The van der Waals surface area contributed by atoms with Crippen LogP contribution in [-0.4, -0.2) is 40.6 Å². The fourth-order valence-electron chi connectivity index (χ4n) is 1.13. The number of aliphatic hydroxyl groups is 1. The molecule has 0 fully saturated rings. The molecule has 0 aromatic carbocycles. The zero-order valence-electron chi connectivity index (χ0n) is 12.7. The second kappa shape index (κ2) is 6.34. The van der Waals surface area contributed by atoms with Gasteiger partial charge in [0.05, 0.1) is 23.7 Å². The van der Waals surface area contributed by atoms with Crippen LogP contribution in [-0.2, 0) is 9.59 Å². The van der Waals surface area contributed by atoms with Gasteiger partial charge in [-0.05, 0) is 33.6 Å². The van der Waals surface area contributed by atoms with Crippen LogP contribution in [0.15, 0.2) is 0 Å². The fourth-order valence-corrected chi connectivity index (χ4v) is 1.13. The highest BCUT2D eigenvalue weighted by molar-refractivity contribution is 5.87. The Labute approximate surface area is 115 Å². The lowest BCUT2D eigenvalue weighted by atomic mass is 9.86. The number of carbonyl (C=O) groups is 2. The minimum absolute atomic E-state index is 0.0101. The first-order valence-corrected chi connectivity index (χ1v) is 6.45. The number of hydrogen-bond donors (Lipinski definition) is 4. The van der Waals surface area contributed by atoms with Gasteiger partial charge in [-0.15, -0.1) is 0 Å². The molecule has 6 nitrogen and oxygen atoms in total. The average Bonchev–Trinajstić information content (AvgIpc) is 2.22. The summed E-state index contributed by atoms with van der Waals surface area (Å²) >= 11 is 0. The third-order valence-corrected chi connectivity index (χ3v) is 3.43. The van der Waals surface area contributed by atoms with Gasteiger partial charge in [-0.25, -0.2) is 0 Å². The van der Waals surface area contributed by atoms with Gasteiger partial charge in [0.15, 0.2) is 0 Å². The second-order valence-electron chi connectivity index (χ2n) is 6.22. The summed E-state index contributed by atoms with van der Waals surface area (Å²) in [5, 5.41) is 15.1. The van der Waals surface area contributed by atoms with E-state index in [4.69, 9.17) is 5.73 Å². The van der Waals surface area contributed by atoms with Crippen LogP contribution in [0.2, 0.25) is 0 Å². The predicted molar refractivity (Wildman–Crippen MR) is 74.3 cm³/mol. The van der Waals surface area contributed by atoms with E-state index in [0.717, 1.165) is 0 Å². The summed E-state index contributed by atoms with van der Waals surface area (Å²) in [5.74, 6) is -0.710. The Kier molecular flexibility index (Phi) is 5.96. The van der Waals surface area contributed by atoms with Crippen LogP contribution in [0.4, 0.5) is 0 Å². The summed E-state index contributed by atoms with van der Waals surface area (Å²) in [4.78, 5) is 23.3. The Morgan fingerprint density at radius 2 is 1.68 bits per heavy atom. The molecule has 0 aliphatic rings. The number of carbonyl (C=O) groups excluding carboxylic acids is 2. The van der Waals surface area contributed by atoms with Crippen molar-refractivity contribution in [2.24, 2.45) is 11.7 Å². The number of hydrogen-bond acceptors (Lipinski definition) is 4. The summed E-state index contributed by atoms with van der Waals surface area (Å²) in [6.07, 6.45) is 0. The maximum atomic E-state index is 11.7. The maximum Gasteiger partial charge on any atom is 0.239 e. The quantitative estimate of drug-likeness (QED) is 0.535. The van der Waals surface area contributed by atoms with Gasteiger partial charge in [0, 0.05) is 0 Å². The Morgan fingerprint density at radius 3 is 2.05 bits per heavy atom. The van der Waals surface area contributed by atoms with Crippen LogP contribution >= 0.6 is 0 Å². The molecule has 0 aliphatic heterocycles. The van der Waals surface area contributed by atoms with Gasteiger partial charge in [0.1, 0.15) is 0 Å². The summed E-state index contributed by atoms with van der Waals surface area (Å²) in [5.41, 5.74) is 3.79. The molecule has 0 radical (unpaired) electrons. The Morgan fingerprint density at radius 1 is 1.21 bits per heavy atom. The normalized spacial score (nSPS) is 14.2. The molecule has 2 amide bonds. The molecule has 0 spiro atoms. The summed E-state index contributed by atoms with van der Waals surface area (Å²) in [7, 11) is 0. The monoisotopic (exact) mass is 273 g/mol. The topological polar surface area (TPSA) is 104 Å². The van der Waals surface area contributed by atoms with Crippen molar-refractivity contribution < 1.29 is 14.7 Å². The van der Waals surface area contributed by atoms with E-state index >= 15 is 0 Å². The molecule has 0 saturated heterocycles. The van der Waals surface area contributed by atoms with Gasteiger partial charge >= 0.3 is 0 Å². The zero-order chi connectivity index (χ0) is 15.4. The third kappa shape index (κ3) is 5.57. The van der Waals surface area contributed by atoms with E-state index in [1.54, 1.807) is 27.7 Å². The number of nitrogens with one attached hydrogen (secondary N) is 2. The molecule has 0 aromatic rings. The second-order valence-corrected chi connectivity index (χ2v) is 6.22. The third-order valence-electron chi connectivity index (χ3n) is 3.43. The molecular formula is C13H27N3O3. The molecule has 0 rings (SSSR count). The van der Waals surface area contributed by atoms with Crippen molar-refractivity contribution >= 4 is 11.8 Å². The SMILES string of the molecule is CC(C)[C@H](N)C(=O)NCC(=O)NC(C)(C)C(C)(C)O. The largest absolute Gasteiger partial charge is 0.388 e. The van der Waals surface area contributed by atoms with Crippen molar-refractivity contribution in [2.45, 2.75) is 58.7 Å². The van der Waals surface area contributed by atoms with Crippen LogP contribution < -0.4 is 16.4 Å². The van der Waals surface area contributed by atoms with Gasteiger partial charge in [-0.1, -0.05) is 13.8 Å². The van der Waals surface area contributed by atoms with Crippen molar-refractivity contribution in [3.8, 4) is 0 Å². The first kappa shape index (κ1) is 17.9. The minimum atomic E-state index is -1.07. The number of rotatable bonds is 6. The van der Waals surface area contributed by atoms with Gasteiger partial charge in [-0.3, -0.25) is 9.59 Å². The van der Waals surface area contributed by atoms with Gasteiger partial charge < -0.3 is 21.5 Å². The van der Waals surface area contributed by atoms with E-state index in [1.165, 1.54) is 0 Å². The lowest BCUT2D eigenvalue weighted by Crippen LogP contribution is -2.59. The maximum absolute atomic E-state index is 11.7. The molecule has 1 atom stereocenters. The molecule has 0 saturated carbocycles. The van der Waals surface area contributed by atoms with Crippen molar-refractivity contribution in [2.75, 3.05) is 6.54 Å². The fraction of sp³-hybridized carbons (Fsp3) is 0.846. The van der Waals surface area contributed by atoms with Crippen molar-refractivity contribution in [3.05, 3.63) is 0 Å². The Balaban J connectivity index is 4.32. The molecule has 0 bridgehead atoms. The average molecular weight is 273 g/mol. The lowest BCUT2D eigenvalue weighted by Gasteiger charge is -2.38. The first-order chi connectivity index (χ1) is 8.38. The van der Waals surface area contributed by atoms with Gasteiger partial charge in [-0.2, -0.15) is 0 Å². The van der Waals surface area contributed by atoms with E-state index in [9.17, 15) is 14.7 Å². The van der Waals surface area contributed by atoms with Crippen LogP contribution in [0.1, 0.15) is 41.5 Å². The van der Waals surface area contributed by atoms with Crippen LogP contribution in [0.25, 0.3) is 0 Å². The molecule has 5 N–H and O–H groups in total. The van der Waals surface area contributed by atoms with Gasteiger partial charge in [0.2, 0.25) is 11.8 Å². The van der Waals surface area contributed by atoms with E-state index in [0.29, 0.717) is 0 Å². The number of amides is 2. The molecule has 0 heterocycles. The smallest absolute Gasteiger partial charge is 0.239 e. The van der Waals surface area contributed by atoms with Gasteiger partial charge in [0.25, 0.3) is 0 Å². The van der Waals surface area contributed by atoms with Crippen molar-refractivity contribution in [3.63, 3.8) is 0 Å². The van der Waals surface area contributed by atoms with E-state index in [-0.39, 0.29) is 24.3 Å². The minimum Gasteiger partial charge on any atom is -0.388 e. The molecule has 0 aromatic heterocycles. The summed E-state index contributed by atoms with van der Waals surface area (Å²) in [6.45, 7) is 10.2. The zero-order valence-corrected chi connectivity index (χ0v) is 12.7. The highest BCUT2D eigenvalue weighted by atomic mass is 16.3. The molecule has 19 heavy (non-hydrogen) atoms. The summed E-state index contributed by atoms with van der Waals surface area (Å²) < 4.78 is 0. The molecule has 112 valence electrons. The van der Waals surface area contributed by atoms with Crippen molar-refractivity contribution in [1.82, 2.24) is 10.6 Å². The number of nitrogens with two attached hydrogens (primary N) is 1. The van der Waals surface area contributed by atoms with Crippen LogP contribution in [0.5, 0.6) is 0 Å². The Bertz CT molecular complexity index is 333. The molecule has 0 unspecified atom stereocenters. The standard InChI is InChI=1S/C13H27N3O3/c1-8(2)10(14)11(18)15-7-9(17)16-12(3,4)13(5,6)19/h8,10,19H,7,14H2,1-6H3,(H,15,18)(H,16,17)/t10-/m0/s1. The van der Waals surface area contributed by atoms with E-state index in [1.807, 2.05) is 13.8 Å². The van der Waals surface area contributed by atoms with Crippen molar-refractivity contribution in [1.29, 1.82) is 0 Å². The first-order valence-electron chi connectivity index (χ1n) is 6.45. The Hall–Kier alpha value is -1.14. The summed E-state index contributed by atoms with van der Waals surface area (Å²) in [6, 6.07) is -0.630. The lowest BCUT2D eigenvalue weighted by molar-refractivity contribution is -0.129. The van der Waals surface area contributed by atoms with E-state index in [2.05, 4.69) is 10.6 Å². The molecular weight excluding hydrogens is 246 g/mol. The van der Waals surface area contributed by atoms with Crippen LogP contribution in [0.3, 0.4) is 0 Å². The van der Waals surface area contributed by atoms with E-state index < -0.39 is 17.2 Å². The molecule has 0 aliphatic carbocycles. The van der Waals surface area contributed by atoms with Crippen LogP contribution in [0, 0.1) is 5.92 Å². The molecule has 6 heteroatoms. The predicted octanol–water partition coefficient (Wildman–Crippen LogP) is -0.248. The highest BCUT2D eigenvalue weighted by Gasteiger charge is 2.36. The highest BCUT2D eigenvalue weighted by Crippen LogP contribution is 2.20.